The Morgan fingerprint density at radius 1 is 1.39 bits per heavy atom. The summed E-state index contributed by atoms with van der Waals surface area (Å²) in [4.78, 5) is 5.44. The molecule has 0 saturated carbocycles. The molecular formula is C11H17F3N2OS. The fraction of sp³-hybridized carbons (Fsp3) is 0.727. The summed E-state index contributed by atoms with van der Waals surface area (Å²) in [6.07, 6.45) is -3.83. The maximum absolute atomic E-state index is 11.8. The Morgan fingerprint density at radius 3 is 2.72 bits per heavy atom. The van der Waals surface area contributed by atoms with Crippen LogP contribution in [-0.2, 0) is 17.7 Å². The van der Waals surface area contributed by atoms with Gasteiger partial charge in [-0.3, -0.25) is 0 Å². The fourth-order valence-corrected chi connectivity index (χ4v) is 2.37. The Bertz CT molecular complexity index is 366. The topological polar surface area (TPSA) is 34.1 Å². The predicted molar refractivity (Wildman–Crippen MR) is 64.8 cm³/mol. The summed E-state index contributed by atoms with van der Waals surface area (Å²) in [5.74, 6) is 0. The zero-order chi connectivity index (χ0) is 13.6. The van der Waals surface area contributed by atoms with Crippen molar-refractivity contribution in [2.24, 2.45) is 0 Å². The summed E-state index contributed by atoms with van der Waals surface area (Å²) < 4.78 is 40.1. The van der Waals surface area contributed by atoms with E-state index in [1.165, 1.54) is 11.3 Å². The Balaban J connectivity index is 2.34. The molecular weight excluding hydrogens is 265 g/mol. The minimum absolute atomic E-state index is 0.0487. The maximum atomic E-state index is 11.8. The average Bonchev–Trinajstić information content (AvgIpc) is 2.61. The maximum Gasteiger partial charge on any atom is 0.411 e. The second-order valence-electron chi connectivity index (χ2n) is 3.81. The molecule has 0 saturated heterocycles. The van der Waals surface area contributed by atoms with Gasteiger partial charge in [0.1, 0.15) is 6.61 Å². The number of ether oxygens (including phenoxy) is 1. The van der Waals surface area contributed by atoms with Gasteiger partial charge in [0.15, 0.2) is 0 Å². The molecule has 0 atom stereocenters. The quantitative estimate of drug-likeness (QED) is 0.781. The SMILES string of the molecule is CCNCc1sc(CCOCC(F)(F)F)nc1C. The summed E-state index contributed by atoms with van der Waals surface area (Å²) in [5, 5.41) is 4.02. The van der Waals surface area contributed by atoms with E-state index < -0.39 is 12.8 Å². The lowest BCUT2D eigenvalue weighted by Gasteiger charge is -2.06. The molecule has 0 amide bonds. The largest absolute Gasteiger partial charge is 0.411 e. The van der Waals surface area contributed by atoms with Crippen LogP contribution in [-0.4, -0.2) is 30.9 Å². The molecule has 0 aliphatic heterocycles. The van der Waals surface area contributed by atoms with Crippen LogP contribution in [0, 0.1) is 6.92 Å². The van der Waals surface area contributed by atoms with Crippen molar-refractivity contribution in [3.8, 4) is 0 Å². The lowest BCUT2D eigenvalue weighted by molar-refractivity contribution is -0.173. The van der Waals surface area contributed by atoms with Crippen molar-refractivity contribution in [1.82, 2.24) is 10.3 Å². The standard InChI is InChI=1S/C11H17F3N2OS/c1-3-15-6-9-8(2)16-10(18-9)4-5-17-7-11(12,13)14/h15H,3-7H2,1-2H3. The molecule has 1 N–H and O–H groups in total. The summed E-state index contributed by atoms with van der Waals surface area (Å²) in [5.41, 5.74) is 0.937. The molecule has 104 valence electrons. The van der Waals surface area contributed by atoms with Crippen LogP contribution < -0.4 is 5.32 Å². The first kappa shape index (κ1) is 15.4. The van der Waals surface area contributed by atoms with Gasteiger partial charge >= 0.3 is 6.18 Å². The van der Waals surface area contributed by atoms with Crippen LogP contribution in [0.1, 0.15) is 22.5 Å². The van der Waals surface area contributed by atoms with Crippen molar-refractivity contribution in [3.63, 3.8) is 0 Å². The van der Waals surface area contributed by atoms with Gasteiger partial charge in [0.25, 0.3) is 0 Å². The molecule has 0 aliphatic rings. The molecule has 7 heteroatoms. The number of nitrogens with one attached hydrogen (secondary N) is 1. The Hall–Kier alpha value is -0.660. The third-order valence-electron chi connectivity index (χ3n) is 2.20. The third kappa shape index (κ3) is 5.79. The van der Waals surface area contributed by atoms with Crippen molar-refractivity contribution < 1.29 is 17.9 Å². The molecule has 0 fully saturated rings. The number of hydrogen-bond acceptors (Lipinski definition) is 4. The van der Waals surface area contributed by atoms with Crippen LogP contribution >= 0.6 is 11.3 Å². The number of rotatable bonds is 7. The lowest BCUT2D eigenvalue weighted by Crippen LogP contribution is -2.17. The number of aromatic nitrogens is 1. The van der Waals surface area contributed by atoms with Gasteiger partial charge in [-0.05, 0) is 13.5 Å². The lowest BCUT2D eigenvalue weighted by atomic mass is 10.4. The molecule has 0 bridgehead atoms. The van der Waals surface area contributed by atoms with Gasteiger partial charge in [-0.2, -0.15) is 13.2 Å². The smallest absolute Gasteiger partial charge is 0.372 e. The second kappa shape index (κ2) is 7.06. The number of halogens is 3. The first-order valence-electron chi connectivity index (χ1n) is 5.72. The van der Waals surface area contributed by atoms with Crippen LogP contribution in [0.5, 0.6) is 0 Å². The number of hydrogen-bond donors (Lipinski definition) is 1. The molecule has 0 spiro atoms. The van der Waals surface area contributed by atoms with E-state index in [0.29, 0.717) is 6.42 Å². The summed E-state index contributed by atoms with van der Waals surface area (Å²) in [6, 6.07) is 0. The molecule has 0 aromatic carbocycles. The van der Waals surface area contributed by atoms with Crippen LogP contribution in [0.15, 0.2) is 0 Å². The molecule has 18 heavy (non-hydrogen) atoms. The van der Waals surface area contributed by atoms with Crippen LogP contribution in [0.25, 0.3) is 0 Å². The minimum Gasteiger partial charge on any atom is -0.372 e. The summed E-state index contributed by atoms with van der Waals surface area (Å²) >= 11 is 1.52. The molecule has 3 nitrogen and oxygen atoms in total. The van der Waals surface area contributed by atoms with E-state index in [1.54, 1.807) is 0 Å². The van der Waals surface area contributed by atoms with Gasteiger partial charge in [0.2, 0.25) is 0 Å². The molecule has 1 heterocycles. The monoisotopic (exact) mass is 282 g/mol. The van der Waals surface area contributed by atoms with E-state index >= 15 is 0 Å². The van der Waals surface area contributed by atoms with E-state index in [-0.39, 0.29) is 6.61 Å². The zero-order valence-electron chi connectivity index (χ0n) is 10.4. The zero-order valence-corrected chi connectivity index (χ0v) is 11.2. The van der Waals surface area contributed by atoms with Crippen molar-refractivity contribution in [3.05, 3.63) is 15.6 Å². The number of thiazole rings is 1. The first-order chi connectivity index (χ1) is 8.42. The molecule has 0 radical (unpaired) electrons. The summed E-state index contributed by atoms with van der Waals surface area (Å²) in [6.45, 7) is 4.41. The van der Waals surface area contributed by atoms with Crippen LogP contribution in [0.4, 0.5) is 13.2 Å². The fourth-order valence-electron chi connectivity index (χ4n) is 1.35. The highest BCUT2D eigenvalue weighted by atomic mass is 32.1. The van der Waals surface area contributed by atoms with Gasteiger partial charge in [0, 0.05) is 17.8 Å². The van der Waals surface area contributed by atoms with E-state index in [1.807, 2.05) is 13.8 Å². The Morgan fingerprint density at radius 2 is 2.11 bits per heavy atom. The normalized spacial score (nSPS) is 12.1. The molecule has 1 aromatic rings. The van der Waals surface area contributed by atoms with Gasteiger partial charge < -0.3 is 10.1 Å². The van der Waals surface area contributed by atoms with E-state index in [4.69, 9.17) is 0 Å². The Labute approximate surface area is 108 Å². The Kier molecular flexibility index (Phi) is 6.04. The second-order valence-corrected chi connectivity index (χ2v) is 4.98. The average molecular weight is 282 g/mol. The molecule has 1 rings (SSSR count). The van der Waals surface area contributed by atoms with Gasteiger partial charge in [0.05, 0.1) is 17.3 Å². The highest BCUT2D eigenvalue weighted by molar-refractivity contribution is 7.11. The molecule has 0 aliphatic carbocycles. The van der Waals surface area contributed by atoms with Gasteiger partial charge in [-0.15, -0.1) is 11.3 Å². The van der Waals surface area contributed by atoms with Crippen molar-refractivity contribution >= 4 is 11.3 Å². The first-order valence-corrected chi connectivity index (χ1v) is 6.54. The molecule has 0 unspecified atom stereocenters. The van der Waals surface area contributed by atoms with E-state index in [0.717, 1.165) is 28.7 Å². The number of alkyl halides is 3. The molecule has 1 aromatic heterocycles. The van der Waals surface area contributed by atoms with E-state index in [9.17, 15) is 13.2 Å². The van der Waals surface area contributed by atoms with Crippen molar-refractivity contribution in [1.29, 1.82) is 0 Å². The summed E-state index contributed by atoms with van der Waals surface area (Å²) in [7, 11) is 0. The third-order valence-corrected chi connectivity index (χ3v) is 3.42. The highest BCUT2D eigenvalue weighted by Gasteiger charge is 2.27. The van der Waals surface area contributed by atoms with Crippen LogP contribution in [0.3, 0.4) is 0 Å². The predicted octanol–water partition coefficient (Wildman–Crippen LogP) is 2.68. The number of nitrogens with zero attached hydrogens (tertiary/aromatic N) is 1. The van der Waals surface area contributed by atoms with Crippen molar-refractivity contribution in [2.75, 3.05) is 19.8 Å². The minimum atomic E-state index is -4.25. The van der Waals surface area contributed by atoms with E-state index in [2.05, 4.69) is 15.0 Å². The highest BCUT2D eigenvalue weighted by Crippen LogP contribution is 2.19. The van der Waals surface area contributed by atoms with Gasteiger partial charge in [-0.25, -0.2) is 4.98 Å². The van der Waals surface area contributed by atoms with Crippen molar-refractivity contribution in [2.45, 2.75) is 33.0 Å². The van der Waals surface area contributed by atoms with Gasteiger partial charge in [-0.1, -0.05) is 6.92 Å². The number of aryl methyl sites for hydroxylation is 1. The van der Waals surface area contributed by atoms with Crippen LogP contribution in [0.2, 0.25) is 0 Å².